The lowest BCUT2D eigenvalue weighted by molar-refractivity contribution is -0.139. The summed E-state index contributed by atoms with van der Waals surface area (Å²) in [6, 6.07) is 8.54. The Morgan fingerprint density at radius 3 is 2.35 bits per heavy atom. The standard InChI is InChI=1S/C12H15NO4/c14-8-10(9-4-2-1-3-5-9)13-11(15)6-7-12(16)17/h1-5,10,14H,6-8H2,(H,13,15)(H,16,17)/t10-/m0/s1. The van der Waals surface area contributed by atoms with Gasteiger partial charge in [-0.2, -0.15) is 0 Å². The average Bonchev–Trinajstić information content (AvgIpc) is 2.34. The van der Waals surface area contributed by atoms with E-state index in [1.54, 1.807) is 24.3 Å². The largest absolute Gasteiger partial charge is 0.481 e. The molecule has 1 aromatic rings. The molecule has 0 radical (unpaired) electrons. The van der Waals surface area contributed by atoms with E-state index < -0.39 is 12.0 Å². The van der Waals surface area contributed by atoms with Gasteiger partial charge in [-0.25, -0.2) is 0 Å². The first kappa shape index (κ1) is 13.2. The quantitative estimate of drug-likeness (QED) is 0.679. The number of aliphatic carboxylic acids is 1. The van der Waals surface area contributed by atoms with E-state index in [4.69, 9.17) is 5.11 Å². The number of benzene rings is 1. The summed E-state index contributed by atoms with van der Waals surface area (Å²) in [6.45, 7) is -0.219. The molecule has 0 bridgehead atoms. The summed E-state index contributed by atoms with van der Waals surface area (Å²) in [5.74, 6) is -1.39. The van der Waals surface area contributed by atoms with Crippen LogP contribution in [0.2, 0.25) is 0 Å². The fourth-order valence-electron chi connectivity index (χ4n) is 1.41. The Kier molecular flexibility index (Phi) is 5.16. The fourth-order valence-corrected chi connectivity index (χ4v) is 1.41. The molecule has 0 aromatic heterocycles. The van der Waals surface area contributed by atoms with E-state index >= 15 is 0 Å². The molecule has 5 heteroatoms. The van der Waals surface area contributed by atoms with Crippen molar-refractivity contribution in [3.8, 4) is 0 Å². The lowest BCUT2D eigenvalue weighted by Crippen LogP contribution is -2.30. The van der Waals surface area contributed by atoms with E-state index in [9.17, 15) is 14.7 Å². The second kappa shape index (κ2) is 6.65. The van der Waals surface area contributed by atoms with Crippen molar-refractivity contribution in [2.75, 3.05) is 6.61 Å². The summed E-state index contributed by atoms with van der Waals surface area (Å²) in [7, 11) is 0. The molecule has 3 N–H and O–H groups in total. The first-order valence-electron chi connectivity index (χ1n) is 5.30. The van der Waals surface area contributed by atoms with Crippen molar-refractivity contribution in [3.63, 3.8) is 0 Å². The summed E-state index contributed by atoms with van der Waals surface area (Å²) < 4.78 is 0. The molecule has 17 heavy (non-hydrogen) atoms. The van der Waals surface area contributed by atoms with Crippen molar-refractivity contribution < 1.29 is 19.8 Å². The summed E-state index contributed by atoms with van der Waals surface area (Å²) in [4.78, 5) is 21.7. The van der Waals surface area contributed by atoms with Gasteiger partial charge in [0.25, 0.3) is 0 Å². The number of carbonyl (C=O) groups is 2. The van der Waals surface area contributed by atoms with E-state index in [1.807, 2.05) is 6.07 Å². The van der Waals surface area contributed by atoms with Crippen LogP contribution in [-0.2, 0) is 9.59 Å². The van der Waals surface area contributed by atoms with E-state index in [0.717, 1.165) is 5.56 Å². The van der Waals surface area contributed by atoms with Crippen molar-refractivity contribution >= 4 is 11.9 Å². The van der Waals surface area contributed by atoms with Gasteiger partial charge in [-0.3, -0.25) is 9.59 Å². The SMILES string of the molecule is O=C(O)CCC(=O)N[C@@H](CO)c1ccccc1. The zero-order valence-corrected chi connectivity index (χ0v) is 9.30. The fraction of sp³-hybridized carbons (Fsp3) is 0.333. The number of carboxylic acid groups (broad SMARTS) is 1. The number of nitrogens with one attached hydrogen (secondary N) is 1. The number of aliphatic hydroxyl groups is 1. The minimum atomic E-state index is -1.01. The lowest BCUT2D eigenvalue weighted by atomic mass is 10.1. The highest BCUT2D eigenvalue weighted by Crippen LogP contribution is 2.11. The minimum absolute atomic E-state index is 0.0847. The van der Waals surface area contributed by atoms with Crippen LogP contribution < -0.4 is 5.32 Å². The molecule has 0 heterocycles. The van der Waals surface area contributed by atoms with Crippen LogP contribution in [0.3, 0.4) is 0 Å². The van der Waals surface area contributed by atoms with Crippen LogP contribution in [0.4, 0.5) is 0 Å². The Labute approximate surface area is 99.1 Å². The maximum atomic E-state index is 11.4. The highest BCUT2D eigenvalue weighted by molar-refractivity contribution is 5.80. The van der Waals surface area contributed by atoms with Crippen LogP contribution in [0, 0.1) is 0 Å². The number of aliphatic hydroxyl groups excluding tert-OH is 1. The van der Waals surface area contributed by atoms with Crippen LogP contribution in [0.5, 0.6) is 0 Å². The van der Waals surface area contributed by atoms with Gasteiger partial charge in [0.2, 0.25) is 5.91 Å². The van der Waals surface area contributed by atoms with Gasteiger partial charge < -0.3 is 15.5 Å². The third-order valence-corrected chi connectivity index (χ3v) is 2.29. The summed E-state index contributed by atoms with van der Waals surface area (Å²) in [5, 5.41) is 20.2. The molecule has 0 saturated heterocycles. The first-order valence-corrected chi connectivity index (χ1v) is 5.30. The molecular formula is C12H15NO4. The van der Waals surface area contributed by atoms with E-state index in [-0.39, 0.29) is 25.4 Å². The number of carbonyl (C=O) groups excluding carboxylic acids is 1. The Morgan fingerprint density at radius 1 is 1.18 bits per heavy atom. The predicted octanol–water partition coefficient (Wildman–Crippen LogP) is 0.701. The summed E-state index contributed by atoms with van der Waals surface area (Å²) in [6.07, 6.45) is -0.294. The number of rotatable bonds is 6. The van der Waals surface area contributed by atoms with Crippen LogP contribution in [0.15, 0.2) is 30.3 Å². The summed E-state index contributed by atoms with van der Waals surface area (Å²) in [5.41, 5.74) is 0.790. The van der Waals surface area contributed by atoms with Gasteiger partial charge >= 0.3 is 5.97 Å². The maximum Gasteiger partial charge on any atom is 0.303 e. The van der Waals surface area contributed by atoms with Crippen molar-refractivity contribution in [2.45, 2.75) is 18.9 Å². The van der Waals surface area contributed by atoms with Gasteiger partial charge in [0, 0.05) is 6.42 Å². The van der Waals surface area contributed by atoms with Gasteiger partial charge in [0.05, 0.1) is 19.1 Å². The number of carboxylic acids is 1. The number of amides is 1. The highest BCUT2D eigenvalue weighted by atomic mass is 16.4. The molecule has 0 spiro atoms. The molecule has 1 atom stereocenters. The molecule has 0 aliphatic heterocycles. The van der Waals surface area contributed by atoms with Crippen LogP contribution in [0.25, 0.3) is 0 Å². The van der Waals surface area contributed by atoms with Gasteiger partial charge in [0.15, 0.2) is 0 Å². The second-order valence-corrected chi connectivity index (χ2v) is 3.61. The molecule has 0 aliphatic rings. The molecule has 0 saturated carbocycles. The molecule has 5 nitrogen and oxygen atoms in total. The zero-order valence-electron chi connectivity index (χ0n) is 9.30. The Balaban J connectivity index is 2.53. The molecule has 92 valence electrons. The third kappa shape index (κ3) is 4.65. The molecule has 0 aliphatic carbocycles. The van der Waals surface area contributed by atoms with E-state index in [2.05, 4.69) is 5.32 Å². The third-order valence-electron chi connectivity index (χ3n) is 2.29. The van der Waals surface area contributed by atoms with Gasteiger partial charge in [-0.05, 0) is 5.56 Å². The second-order valence-electron chi connectivity index (χ2n) is 3.61. The minimum Gasteiger partial charge on any atom is -0.481 e. The number of hydrogen-bond acceptors (Lipinski definition) is 3. The molecule has 0 fully saturated rings. The Morgan fingerprint density at radius 2 is 1.82 bits per heavy atom. The monoisotopic (exact) mass is 237 g/mol. The van der Waals surface area contributed by atoms with Crippen LogP contribution >= 0.6 is 0 Å². The van der Waals surface area contributed by atoms with E-state index in [0.29, 0.717) is 0 Å². The van der Waals surface area contributed by atoms with Crippen molar-refractivity contribution in [3.05, 3.63) is 35.9 Å². The first-order chi connectivity index (χ1) is 8.13. The van der Waals surface area contributed by atoms with Crippen molar-refractivity contribution in [1.29, 1.82) is 0 Å². The van der Waals surface area contributed by atoms with Gasteiger partial charge in [-0.1, -0.05) is 30.3 Å². The van der Waals surface area contributed by atoms with Crippen molar-refractivity contribution in [2.24, 2.45) is 0 Å². The molecule has 1 amide bonds. The summed E-state index contributed by atoms with van der Waals surface area (Å²) >= 11 is 0. The smallest absolute Gasteiger partial charge is 0.303 e. The highest BCUT2D eigenvalue weighted by Gasteiger charge is 2.13. The van der Waals surface area contributed by atoms with E-state index in [1.165, 1.54) is 0 Å². The Hall–Kier alpha value is -1.88. The Bertz CT molecular complexity index is 377. The zero-order chi connectivity index (χ0) is 12.7. The molecule has 1 rings (SSSR count). The van der Waals surface area contributed by atoms with Crippen LogP contribution in [0.1, 0.15) is 24.4 Å². The van der Waals surface area contributed by atoms with Gasteiger partial charge in [-0.15, -0.1) is 0 Å². The predicted molar refractivity (Wildman–Crippen MR) is 61.3 cm³/mol. The normalized spacial score (nSPS) is 11.8. The van der Waals surface area contributed by atoms with Gasteiger partial charge in [0.1, 0.15) is 0 Å². The molecule has 1 aromatic carbocycles. The maximum absolute atomic E-state index is 11.4. The lowest BCUT2D eigenvalue weighted by Gasteiger charge is -2.16. The topological polar surface area (TPSA) is 86.6 Å². The van der Waals surface area contributed by atoms with Crippen LogP contribution in [-0.4, -0.2) is 28.7 Å². The number of hydrogen-bond donors (Lipinski definition) is 3. The average molecular weight is 237 g/mol. The molecule has 0 unspecified atom stereocenters. The molecular weight excluding hydrogens is 222 g/mol. The van der Waals surface area contributed by atoms with Crippen molar-refractivity contribution in [1.82, 2.24) is 5.32 Å².